The van der Waals surface area contributed by atoms with Crippen molar-refractivity contribution in [3.05, 3.63) is 0 Å². The zero-order valence-corrected chi connectivity index (χ0v) is 16.4. The third-order valence-electron chi connectivity index (χ3n) is 5.64. The minimum absolute atomic E-state index is 0.118. The molecule has 1 atom stereocenters. The van der Waals surface area contributed by atoms with E-state index in [1.807, 2.05) is 7.05 Å². The summed E-state index contributed by atoms with van der Waals surface area (Å²) < 4.78 is 5.62. The first-order valence-electron chi connectivity index (χ1n) is 9.68. The number of guanidine groups is 1. The fourth-order valence-corrected chi connectivity index (χ4v) is 4.00. The summed E-state index contributed by atoms with van der Waals surface area (Å²) in [6.45, 7) is 9.85. The number of ether oxygens (including phenoxy) is 1. The quantitative estimate of drug-likeness (QED) is 0.598. The van der Waals surface area contributed by atoms with Gasteiger partial charge in [-0.05, 0) is 31.1 Å². The van der Waals surface area contributed by atoms with E-state index in [4.69, 9.17) is 4.74 Å². The Morgan fingerprint density at radius 3 is 2.29 bits per heavy atom. The van der Waals surface area contributed by atoms with Crippen molar-refractivity contribution in [1.82, 2.24) is 15.5 Å². The molecule has 0 aromatic heterocycles. The van der Waals surface area contributed by atoms with Crippen LogP contribution in [0.3, 0.4) is 0 Å². The highest BCUT2D eigenvalue weighted by Gasteiger charge is 2.28. The number of rotatable bonds is 5. The molecular formula is C19H38N4O. The van der Waals surface area contributed by atoms with E-state index in [1.165, 1.54) is 51.6 Å². The molecule has 140 valence electrons. The third-order valence-corrected chi connectivity index (χ3v) is 5.64. The zero-order chi connectivity index (χ0) is 17.6. The lowest BCUT2D eigenvalue weighted by atomic mass is 9.89. The summed E-state index contributed by atoms with van der Waals surface area (Å²) in [7, 11) is 3.63. The molecule has 0 aromatic carbocycles. The number of piperidine rings is 1. The molecule has 1 saturated carbocycles. The third kappa shape index (κ3) is 5.62. The Balaban J connectivity index is 1.73. The van der Waals surface area contributed by atoms with Crippen LogP contribution in [0.25, 0.3) is 0 Å². The number of likely N-dealkylation sites (tertiary alicyclic amines) is 1. The van der Waals surface area contributed by atoms with Crippen LogP contribution >= 0.6 is 0 Å². The summed E-state index contributed by atoms with van der Waals surface area (Å²) in [6, 6.07) is 1.39. The summed E-state index contributed by atoms with van der Waals surface area (Å²) in [6.07, 6.45) is 8.26. The van der Waals surface area contributed by atoms with Gasteiger partial charge in [-0.15, -0.1) is 0 Å². The van der Waals surface area contributed by atoms with Gasteiger partial charge in [-0.25, -0.2) is 0 Å². The Bertz CT molecular complexity index is 391. The summed E-state index contributed by atoms with van der Waals surface area (Å²) >= 11 is 0. The topological polar surface area (TPSA) is 48.9 Å². The molecule has 0 bridgehead atoms. The molecule has 0 spiro atoms. The van der Waals surface area contributed by atoms with Crippen molar-refractivity contribution in [3.63, 3.8) is 0 Å². The summed E-state index contributed by atoms with van der Waals surface area (Å²) in [5.41, 5.74) is 0.118. The molecule has 0 radical (unpaired) electrons. The molecule has 2 N–H and O–H groups in total. The standard InChI is InChI=1S/C19H38N4O/c1-19(2,3)17(24-5)14-21-18(20-4)22-15-10-12-23(13-11-15)16-8-6-7-9-16/h15-17H,6-14H2,1-5H3,(H2,20,21,22). The molecule has 1 aliphatic heterocycles. The van der Waals surface area contributed by atoms with Crippen LogP contribution in [0.15, 0.2) is 4.99 Å². The van der Waals surface area contributed by atoms with Gasteiger partial charge in [0.1, 0.15) is 0 Å². The second-order valence-corrected chi connectivity index (χ2v) is 8.44. The van der Waals surface area contributed by atoms with Crippen molar-refractivity contribution in [2.75, 3.05) is 33.8 Å². The summed E-state index contributed by atoms with van der Waals surface area (Å²) in [4.78, 5) is 7.10. The van der Waals surface area contributed by atoms with Crippen molar-refractivity contribution >= 4 is 5.96 Å². The minimum Gasteiger partial charge on any atom is -0.379 e. The van der Waals surface area contributed by atoms with E-state index in [1.54, 1.807) is 7.11 Å². The van der Waals surface area contributed by atoms with E-state index in [9.17, 15) is 0 Å². The maximum atomic E-state index is 5.62. The largest absolute Gasteiger partial charge is 0.379 e. The lowest BCUT2D eigenvalue weighted by Gasteiger charge is -2.37. The molecule has 1 aliphatic carbocycles. The van der Waals surface area contributed by atoms with Crippen LogP contribution in [0.4, 0.5) is 0 Å². The average Bonchev–Trinajstić information content (AvgIpc) is 3.08. The molecule has 5 nitrogen and oxygen atoms in total. The van der Waals surface area contributed by atoms with E-state index < -0.39 is 0 Å². The Labute approximate surface area is 148 Å². The molecule has 1 heterocycles. The second-order valence-electron chi connectivity index (χ2n) is 8.44. The molecule has 1 saturated heterocycles. The Hall–Kier alpha value is -0.810. The summed E-state index contributed by atoms with van der Waals surface area (Å²) in [5.74, 6) is 0.903. The van der Waals surface area contributed by atoms with Crippen LogP contribution in [0.5, 0.6) is 0 Å². The SMILES string of the molecule is CN=C(NCC(OC)C(C)(C)C)NC1CCN(C2CCCC2)CC1. The number of hydrogen-bond acceptors (Lipinski definition) is 3. The van der Waals surface area contributed by atoms with Crippen molar-refractivity contribution in [2.45, 2.75) is 77.5 Å². The first kappa shape index (κ1) is 19.5. The van der Waals surface area contributed by atoms with Gasteiger partial charge in [0.05, 0.1) is 6.10 Å². The van der Waals surface area contributed by atoms with Crippen LogP contribution in [0.2, 0.25) is 0 Å². The normalized spacial score (nSPS) is 23.5. The van der Waals surface area contributed by atoms with Crippen molar-refractivity contribution in [1.29, 1.82) is 0 Å². The van der Waals surface area contributed by atoms with Gasteiger partial charge in [0.15, 0.2) is 5.96 Å². The van der Waals surface area contributed by atoms with E-state index in [0.717, 1.165) is 18.5 Å². The Morgan fingerprint density at radius 2 is 1.79 bits per heavy atom. The van der Waals surface area contributed by atoms with E-state index in [0.29, 0.717) is 6.04 Å². The van der Waals surface area contributed by atoms with Gasteiger partial charge in [-0.2, -0.15) is 0 Å². The molecule has 24 heavy (non-hydrogen) atoms. The second kappa shape index (κ2) is 9.04. The maximum Gasteiger partial charge on any atom is 0.191 e. The van der Waals surface area contributed by atoms with Crippen LogP contribution in [-0.2, 0) is 4.74 Å². The average molecular weight is 339 g/mol. The van der Waals surface area contributed by atoms with Crippen LogP contribution in [-0.4, -0.2) is 62.8 Å². The van der Waals surface area contributed by atoms with E-state index >= 15 is 0 Å². The zero-order valence-electron chi connectivity index (χ0n) is 16.4. The van der Waals surface area contributed by atoms with Gasteiger partial charge < -0.3 is 20.3 Å². The molecule has 2 rings (SSSR count). The van der Waals surface area contributed by atoms with E-state index in [2.05, 4.69) is 41.3 Å². The molecular weight excluding hydrogens is 300 g/mol. The van der Waals surface area contributed by atoms with E-state index in [-0.39, 0.29) is 11.5 Å². The molecule has 2 aliphatic rings. The van der Waals surface area contributed by atoms with Crippen LogP contribution in [0.1, 0.15) is 59.3 Å². The maximum absolute atomic E-state index is 5.62. The van der Waals surface area contributed by atoms with Gasteiger partial charge in [0.25, 0.3) is 0 Å². The monoisotopic (exact) mass is 338 g/mol. The molecule has 0 amide bonds. The lowest BCUT2D eigenvalue weighted by molar-refractivity contribution is 0.0204. The fourth-order valence-electron chi connectivity index (χ4n) is 4.00. The van der Waals surface area contributed by atoms with Gasteiger partial charge in [0.2, 0.25) is 0 Å². The van der Waals surface area contributed by atoms with Crippen molar-refractivity contribution in [2.24, 2.45) is 10.4 Å². The van der Waals surface area contributed by atoms with Crippen LogP contribution < -0.4 is 10.6 Å². The molecule has 5 heteroatoms. The van der Waals surface area contributed by atoms with Gasteiger partial charge in [-0.1, -0.05) is 33.6 Å². The molecule has 1 unspecified atom stereocenters. The number of methoxy groups -OCH3 is 1. The van der Waals surface area contributed by atoms with Gasteiger partial charge in [-0.3, -0.25) is 4.99 Å². The summed E-state index contributed by atoms with van der Waals surface area (Å²) in [5, 5.41) is 7.05. The lowest BCUT2D eigenvalue weighted by Crippen LogP contribution is -2.52. The highest BCUT2D eigenvalue weighted by atomic mass is 16.5. The predicted molar refractivity (Wildman–Crippen MR) is 102 cm³/mol. The smallest absolute Gasteiger partial charge is 0.191 e. The first-order chi connectivity index (χ1) is 11.4. The number of aliphatic imine (C=N–C) groups is 1. The number of hydrogen-bond donors (Lipinski definition) is 2. The Morgan fingerprint density at radius 1 is 1.17 bits per heavy atom. The minimum atomic E-state index is 0.118. The first-order valence-corrected chi connectivity index (χ1v) is 9.68. The Kier molecular flexibility index (Phi) is 7.35. The van der Waals surface area contributed by atoms with Gasteiger partial charge in [0, 0.05) is 45.9 Å². The molecule has 0 aromatic rings. The highest BCUT2D eigenvalue weighted by Crippen LogP contribution is 2.26. The van der Waals surface area contributed by atoms with Crippen LogP contribution in [0, 0.1) is 5.41 Å². The molecule has 2 fully saturated rings. The number of nitrogens with zero attached hydrogens (tertiary/aromatic N) is 2. The number of nitrogens with one attached hydrogen (secondary N) is 2. The van der Waals surface area contributed by atoms with Gasteiger partial charge >= 0.3 is 0 Å². The highest BCUT2D eigenvalue weighted by molar-refractivity contribution is 5.80. The predicted octanol–water partition coefficient (Wildman–Crippen LogP) is 2.62. The van der Waals surface area contributed by atoms with Crippen molar-refractivity contribution in [3.8, 4) is 0 Å². The fraction of sp³-hybridized carbons (Fsp3) is 0.947. The van der Waals surface area contributed by atoms with Crippen molar-refractivity contribution < 1.29 is 4.74 Å².